The van der Waals surface area contributed by atoms with Crippen molar-refractivity contribution in [3.63, 3.8) is 0 Å². The zero-order chi connectivity index (χ0) is 15.6. The zero-order valence-corrected chi connectivity index (χ0v) is 16.6. The van der Waals surface area contributed by atoms with Crippen molar-refractivity contribution in [1.82, 2.24) is 5.32 Å². The van der Waals surface area contributed by atoms with Crippen molar-refractivity contribution in [3.8, 4) is 0 Å². The molecular weight excluding hydrogens is 380 g/mol. The van der Waals surface area contributed by atoms with Crippen LogP contribution >= 0.6 is 0 Å². The SMILES string of the molecule is CCCCNC(=O)OS(=O)(=O)OS(=O)(=O)OCCCC.[Zn]. The molecule has 1 N–H and O–H groups in total. The number of carbonyl (C=O) groups is 1. The third-order valence-electron chi connectivity index (χ3n) is 1.87. The molecule has 0 saturated heterocycles. The fourth-order valence-electron chi connectivity index (χ4n) is 0.930. The minimum Gasteiger partial charge on any atom is -0.320 e. The van der Waals surface area contributed by atoms with Crippen molar-refractivity contribution in [2.75, 3.05) is 13.2 Å². The molecule has 9 nitrogen and oxygen atoms in total. The summed E-state index contributed by atoms with van der Waals surface area (Å²) < 4.78 is 56.4. The summed E-state index contributed by atoms with van der Waals surface area (Å²) in [5.74, 6) is 0. The van der Waals surface area contributed by atoms with E-state index < -0.39 is 26.9 Å². The standard InChI is InChI=1S/C9H19NO8S2.Zn/c1-3-5-7-10-9(11)17-20(14,15)18-19(12,13)16-8-6-4-2;/h3-8H2,1-2H3,(H,10,11);. The van der Waals surface area contributed by atoms with E-state index in [4.69, 9.17) is 0 Å². The monoisotopic (exact) mass is 397 g/mol. The van der Waals surface area contributed by atoms with Crippen LogP contribution in [0.2, 0.25) is 0 Å². The Morgan fingerprint density at radius 2 is 1.57 bits per heavy atom. The molecule has 0 aliphatic heterocycles. The van der Waals surface area contributed by atoms with Gasteiger partial charge in [-0.25, -0.2) is 8.98 Å². The molecule has 0 heterocycles. The smallest absolute Gasteiger partial charge is 0.320 e. The average molecular weight is 399 g/mol. The van der Waals surface area contributed by atoms with Crippen LogP contribution in [0.15, 0.2) is 0 Å². The van der Waals surface area contributed by atoms with E-state index >= 15 is 0 Å². The van der Waals surface area contributed by atoms with Crippen molar-refractivity contribution in [2.24, 2.45) is 0 Å². The van der Waals surface area contributed by atoms with Crippen molar-refractivity contribution in [3.05, 3.63) is 0 Å². The van der Waals surface area contributed by atoms with E-state index in [1.165, 1.54) is 0 Å². The van der Waals surface area contributed by atoms with Gasteiger partial charge in [-0.15, -0.1) is 0 Å². The summed E-state index contributed by atoms with van der Waals surface area (Å²) in [6, 6.07) is 0. The minimum atomic E-state index is -5.04. The van der Waals surface area contributed by atoms with Gasteiger partial charge < -0.3 is 9.50 Å². The predicted molar refractivity (Wildman–Crippen MR) is 69.2 cm³/mol. The number of hydrogen-bond donors (Lipinski definition) is 1. The number of nitrogens with one attached hydrogen (secondary N) is 1. The first kappa shape index (κ1) is 23.0. The Balaban J connectivity index is 0. The van der Waals surface area contributed by atoms with Gasteiger partial charge in [0.2, 0.25) is 0 Å². The van der Waals surface area contributed by atoms with E-state index in [1.807, 2.05) is 6.92 Å². The van der Waals surface area contributed by atoms with Crippen LogP contribution in [0.25, 0.3) is 0 Å². The van der Waals surface area contributed by atoms with E-state index in [0.717, 1.165) is 6.42 Å². The second kappa shape index (κ2) is 11.3. The van der Waals surface area contributed by atoms with E-state index in [-0.39, 0.29) is 32.6 Å². The van der Waals surface area contributed by atoms with Crippen molar-refractivity contribution >= 4 is 26.9 Å². The predicted octanol–water partition coefficient (Wildman–Crippen LogP) is 0.833. The van der Waals surface area contributed by atoms with Crippen LogP contribution in [0.3, 0.4) is 0 Å². The second-order valence-electron chi connectivity index (χ2n) is 3.71. The summed E-state index contributed by atoms with van der Waals surface area (Å²) in [6.07, 6.45) is 1.14. The van der Waals surface area contributed by atoms with Crippen LogP contribution < -0.4 is 5.32 Å². The Hall–Kier alpha value is -0.287. The fraction of sp³-hybridized carbons (Fsp3) is 0.889. The van der Waals surface area contributed by atoms with Gasteiger partial charge in [-0.1, -0.05) is 30.3 Å². The maximum atomic E-state index is 11.2. The summed E-state index contributed by atoms with van der Waals surface area (Å²) in [7, 11) is -9.81. The molecule has 0 aliphatic carbocycles. The molecule has 0 aromatic rings. The number of carbonyl (C=O) groups excluding carboxylic acids is 1. The van der Waals surface area contributed by atoms with Crippen LogP contribution in [0, 0.1) is 0 Å². The summed E-state index contributed by atoms with van der Waals surface area (Å²) in [6.45, 7) is 3.63. The third kappa shape index (κ3) is 13.1. The fourth-order valence-corrected chi connectivity index (χ4v) is 2.58. The minimum absolute atomic E-state index is 0. The van der Waals surface area contributed by atoms with Crippen molar-refractivity contribution in [1.29, 1.82) is 0 Å². The molecule has 0 bridgehead atoms. The maximum Gasteiger partial charge on any atom is 0.469 e. The molecule has 0 aliphatic rings. The molecular formula is C9H19NO8S2Zn. The van der Waals surface area contributed by atoms with E-state index in [0.29, 0.717) is 19.3 Å². The first-order valence-electron chi connectivity index (χ1n) is 6.05. The van der Waals surface area contributed by atoms with Gasteiger partial charge in [-0.05, 0) is 12.8 Å². The number of hydrogen-bond acceptors (Lipinski definition) is 8. The van der Waals surface area contributed by atoms with Gasteiger partial charge in [0.25, 0.3) is 0 Å². The molecule has 21 heavy (non-hydrogen) atoms. The average Bonchev–Trinajstić information content (AvgIpc) is 2.26. The summed E-state index contributed by atoms with van der Waals surface area (Å²) in [5, 5.41) is 2.12. The van der Waals surface area contributed by atoms with Gasteiger partial charge in [0, 0.05) is 26.0 Å². The second-order valence-corrected chi connectivity index (χ2v) is 6.29. The van der Waals surface area contributed by atoms with Gasteiger partial charge in [0.1, 0.15) is 0 Å². The van der Waals surface area contributed by atoms with Crippen LogP contribution in [0.4, 0.5) is 4.79 Å². The topological polar surface area (TPSA) is 125 Å². The number of amides is 1. The molecule has 0 saturated carbocycles. The van der Waals surface area contributed by atoms with Gasteiger partial charge in [0.05, 0.1) is 6.61 Å². The first-order valence-corrected chi connectivity index (χ1v) is 8.71. The van der Waals surface area contributed by atoms with E-state index in [9.17, 15) is 21.6 Å². The molecule has 122 valence electrons. The van der Waals surface area contributed by atoms with Gasteiger partial charge in [-0.3, -0.25) is 0 Å². The molecule has 1 amide bonds. The van der Waals surface area contributed by atoms with E-state index in [1.54, 1.807) is 6.92 Å². The van der Waals surface area contributed by atoms with Gasteiger partial charge in [0.15, 0.2) is 0 Å². The molecule has 0 unspecified atom stereocenters. The Labute approximate surface area is 138 Å². The summed E-state index contributed by atoms with van der Waals surface area (Å²) >= 11 is 0. The number of rotatable bonds is 10. The molecule has 0 spiro atoms. The Morgan fingerprint density at radius 1 is 1.00 bits per heavy atom. The van der Waals surface area contributed by atoms with Crippen LogP contribution in [-0.2, 0) is 52.3 Å². The normalized spacial score (nSPS) is 11.5. The maximum absolute atomic E-state index is 11.2. The molecule has 12 heteroatoms. The Kier molecular flexibility index (Phi) is 12.4. The largest absolute Gasteiger partial charge is 0.469 e. The Bertz CT molecular complexity index is 490. The van der Waals surface area contributed by atoms with Gasteiger partial charge >= 0.3 is 26.9 Å². The van der Waals surface area contributed by atoms with Gasteiger partial charge in [-0.2, -0.15) is 16.8 Å². The quantitative estimate of drug-likeness (QED) is 0.423. The molecule has 0 atom stereocenters. The third-order valence-corrected chi connectivity index (χ3v) is 4.01. The van der Waals surface area contributed by atoms with E-state index in [2.05, 4.69) is 17.3 Å². The van der Waals surface area contributed by atoms with Crippen LogP contribution in [-0.4, -0.2) is 36.1 Å². The van der Waals surface area contributed by atoms with Crippen LogP contribution in [0.5, 0.6) is 0 Å². The Morgan fingerprint density at radius 3 is 2.10 bits per heavy atom. The zero-order valence-electron chi connectivity index (χ0n) is 12.0. The molecule has 0 radical (unpaired) electrons. The van der Waals surface area contributed by atoms with Crippen molar-refractivity contribution in [2.45, 2.75) is 39.5 Å². The first-order chi connectivity index (χ1) is 9.22. The number of unbranched alkanes of at least 4 members (excludes halogenated alkanes) is 2. The summed E-state index contributed by atoms with van der Waals surface area (Å²) in [5.41, 5.74) is 0. The van der Waals surface area contributed by atoms with Crippen LogP contribution in [0.1, 0.15) is 39.5 Å². The molecule has 0 fully saturated rings. The summed E-state index contributed by atoms with van der Waals surface area (Å²) in [4.78, 5) is 11.1. The molecule has 0 rings (SSSR count). The van der Waals surface area contributed by atoms with Crippen molar-refractivity contribution < 1.29 is 53.1 Å². The molecule has 0 aromatic heterocycles. The molecule has 0 aromatic carbocycles.